The molecule has 2 aromatic carbocycles. The van der Waals surface area contributed by atoms with Crippen LogP contribution < -0.4 is 5.43 Å². The summed E-state index contributed by atoms with van der Waals surface area (Å²) in [4.78, 5) is 0. The lowest BCUT2D eigenvalue weighted by atomic mass is 10.3. The lowest BCUT2D eigenvalue weighted by Crippen LogP contribution is -1.93. The van der Waals surface area contributed by atoms with Gasteiger partial charge in [0.25, 0.3) is 0 Å². The van der Waals surface area contributed by atoms with Gasteiger partial charge in [0.2, 0.25) is 0 Å². The molecule has 0 spiro atoms. The maximum absolute atomic E-state index is 5.83. The first-order valence-electron chi connectivity index (χ1n) is 6.46. The van der Waals surface area contributed by atoms with E-state index in [1.165, 1.54) is 0 Å². The number of halogens is 1. The van der Waals surface area contributed by atoms with Gasteiger partial charge in [0.05, 0.1) is 23.8 Å². The smallest absolute Gasteiger partial charge is 0.0645 e. The molecule has 104 valence electrons. The van der Waals surface area contributed by atoms with Crippen molar-refractivity contribution in [2.45, 2.75) is 0 Å². The number of anilines is 1. The summed E-state index contributed by atoms with van der Waals surface area (Å²) in [5.74, 6) is 0. The highest BCUT2D eigenvalue weighted by atomic mass is 35.5. The molecule has 0 bridgehead atoms. The lowest BCUT2D eigenvalue weighted by molar-refractivity contribution is 0.880. The van der Waals surface area contributed by atoms with Gasteiger partial charge in [-0.2, -0.15) is 10.2 Å². The van der Waals surface area contributed by atoms with Crippen LogP contribution in [0.2, 0.25) is 5.02 Å². The van der Waals surface area contributed by atoms with E-state index in [4.69, 9.17) is 11.6 Å². The fraction of sp³-hybridized carbons (Fsp3) is 0. The molecule has 5 heteroatoms. The summed E-state index contributed by atoms with van der Waals surface area (Å²) >= 11 is 5.83. The van der Waals surface area contributed by atoms with E-state index in [1.54, 1.807) is 12.4 Å². The van der Waals surface area contributed by atoms with E-state index in [0.29, 0.717) is 5.02 Å². The summed E-state index contributed by atoms with van der Waals surface area (Å²) in [5.41, 5.74) is 5.76. The largest absolute Gasteiger partial charge is 0.279 e. The number of aromatic nitrogens is 2. The molecular formula is C16H13ClN4. The number of rotatable bonds is 4. The molecule has 0 aliphatic rings. The van der Waals surface area contributed by atoms with Gasteiger partial charge in [0.1, 0.15) is 0 Å². The van der Waals surface area contributed by atoms with Crippen molar-refractivity contribution in [2.75, 3.05) is 5.43 Å². The Balaban J connectivity index is 1.67. The molecule has 0 saturated carbocycles. The first-order chi connectivity index (χ1) is 10.3. The Hall–Kier alpha value is -2.59. The predicted octanol–water partition coefficient (Wildman–Crippen LogP) is 3.97. The minimum Gasteiger partial charge on any atom is -0.279 e. The number of nitrogens with one attached hydrogen (secondary N) is 1. The molecule has 0 fully saturated rings. The van der Waals surface area contributed by atoms with Crippen LogP contribution in [0.1, 0.15) is 5.56 Å². The maximum Gasteiger partial charge on any atom is 0.0645 e. The van der Waals surface area contributed by atoms with Gasteiger partial charge in [0, 0.05) is 16.8 Å². The van der Waals surface area contributed by atoms with Crippen molar-refractivity contribution in [3.05, 3.63) is 77.6 Å². The zero-order valence-corrected chi connectivity index (χ0v) is 11.9. The fourth-order valence-corrected chi connectivity index (χ4v) is 1.96. The van der Waals surface area contributed by atoms with E-state index in [9.17, 15) is 0 Å². The van der Waals surface area contributed by atoms with E-state index in [1.807, 2.05) is 65.5 Å². The monoisotopic (exact) mass is 296 g/mol. The molecule has 0 radical (unpaired) electrons. The minimum atomic E-state index is 0.702. The van der Waals surface area contributed by atoms with Crippen molar-refractivity contribution in [3.63, 3.8) is 0 Å². The summed E-state index contributed by atoms with van der Waals surface area (Å²) in [5, 5.41) is 9.18. The van der Waals surface area contributed by atoms with Crippen LogP contribution in [0.5, 0.6) is 0 Å². The number of nitrogens with zero attached hydrogens (tertiary/aromatic N) is 3. The van der Waals surface area contributed by atoms with E-state index in [2.05, 4.69) is 15.6 Å². The SMILES string of the molecule is Clc1ccc(N/N=C\c2cnn(-c3ccccc3)c2)cc1. The van der Waals surface area contributed by atoms with E-state index in [0.717, 1.165) is 16.9 Å². The molecule has 21 heavy (non-hydrogen) atoms. The number of hydrogen-bond acceptors (Lipinski definition) is 3. The average molecular weight is 297 g/mol. The number of benzene rings is 2. The maximum atomic E-state index is 5.83. The second-order valence-electron chi connectivity index (χ2n) is 4.43. The Bertz CT molecular complexity index is 732. The second kappa shape index (κ2) is 6.24. The molecular weight excluding hydrogens is 284 g/mol. The molecule has 0 aliphatic heterocycles. The van der Waals surface area contributed by atoms with Gasteiger partial charge in [-0.1, -0.05) is 29.8 Å². The van der Waals surface area contributed by atoms with Crippen molar-refractivity contribution in [1.29, 1.82) is 0 Å². The van der Waals surface area contributed by atoms with E-state index >= 15 is 0 Å². The fourth-order valence-electron chi connectivity index (χ4n) is 1.83. The van der Waals surface area contributed by atoms with Crippen LogP contribution in [0.4, 0.5) is 5.69 Å². The standard InChI is InChI=1S/C16H13ClN4/c17-14-6-8-15(9-7-14)20-18-10-13-11-19-21(12-13)16-4-2-1-3-5-16/h1-12,20H/b18-10-. The summed E-state index contributed by atoms with van der Waals surface area (Å²) in [6.45, 7) is 0. The zero-order valence-electron chi connectivity index (χ0n) is 11.1. The number of hydrogen-bond donors (Lipinski definition) is 1. The first-order valence-corrected chi connectivity index (χ1v) is 6.84. The molecule has 0 saturated heterocycles. The molecule has 1 heterocycles. The third-order valence-electron chi connectivity index (χ3n) is 2.87. The van der Waals surface area contributed by atoms with Gasteiger partial charge in [-0.3, -0.25) is 5.43 Å². The highest BCUT2D eigenvalue weighted by Crippen LogP contribution is 2.13. The average Bonchev–Trinajstić information content (AvgIpc) is 2.99. The highest BCUT2D eigenvalue weighted by molar-refractivity contribution is 6.30. The van der Waals surface area contributed by atoms with Crippen molar-refractivity contribution in [2.24, 2.45) is 5.10 Å². The van der Waals surface area contributed by atoms with Crippen LogP contribution in [-0.2, 0) is 0 Å². The predicted molar refractivity (Wildman–Crippen MR) is 86.2 cm³/mol. The molecule has 4 nitrogen and oxygen atoms in total. The van der Waals surface area contributed by atoms with Crippen LogP contribution in [-0.4, -0.2) is 16.0 Å². The van der Waals surface area contributed by atoms with Gasteiger partial charge in [-0.25, -0.2) is 4.68 Å². The third-order valence-corrected chi connectivity index (χ3v) is 3.13. The number of hydrazone groups is 1. The van der Waals surface area contributed by atoms with E-state index < -0.39 is 0 Å². The molecule has 0 aliphatic carbocycles. The van der Waals surface area contributed by atoms with Crippen LogP contribution in [0.25, 0.3) is 5.69 Å². The molecule has 0 atom stereocenters. The van der Waals surface area contributed by atoms with Crippen molar-refractivity contribution in [3.8, 4) is 5.69 Å². The second-order valence-corrected chi connectivity index (χ2v) is 4.87. The summed E-state index contributed by atoms with van der Waals surface area (Å²) < 4.78 is 1.81. The highest BCUT2D eigenvalue weighted by Gasteiger charge is 1.98. The van der Waals surface area contributed by atoms with Crippen molar-refractivity contribution < 1.29 is 0 Å². The van der Waals surface area contributed by atoms with Gasteiger partial charge in [-0.15, -0.1) is 0 Å². The Morgan fingerprint density at radius 2 is 1.81 bits per heavy atom. The van der Waals surface area contributed by atoms with Crippen LogP contribution in [0.3, 0.4) is 0 Å². The molecule has 3 aromatic rings. The normalized spacial score (nSPS) is 10.9. The van der Waals surface area contributed by atoms with Crippen LogP contribution in [0.15, 0.2) is 72.1 Å². The van der Waals surface area contributed by atoms with Crippen LogP contribution in [0, 0.1) is 0 Å². The molecule has 1 N–H and O–H groups in total. The minimum absolute atomic E-state index is 0.702. The van der Waals surface area contributed by atoms with Gasteiger partial charge >= 0.3 is 0 Å². The number of para-hydroxylation sites is 1. The van der Waals surface area contributed by atoms with Crippen molar-refractivity contribution >= 4 is 23.5 Å². The molecule has 0 unspecified atom stereocenters. The molecule has 3 rings (SSSR count). The summed E-state index contributed by atoms with van der Waals surface area (Å²) in [7, 11) is 0. The van der Waals surface area contributed by atoms with Crippen molar-refractivity contribution in [1.82, 2.24) is 9.78 Å². The third kappa shape index (κ3) is 3.49. The van der Waals surface area contributed by atoms with Crippen LogP contribution >= 0.6 is 11.6 Å². The van der Waals surface area contributed by atoms with Gasteiger partial charge in [0.15, 0.2) is 0 Å². The molecule has 0 amide bonds. The Labute approximate surface area is 127 Å². The quantitative estimate of drug-likeness (QED) is 0.584. The zero-order chi connectivity index (χ0) is 14.5. The van der Waals surface area contributed by atoms with Gasteiger partial charge in [-0.05, 0) is 36.4 Å². The first kappa shape index (κ1) is 13.4. The Morgan fingerprint density at radius 1 is 1.05 bits per heavy atom. The topological polar surface area (TPSA) is 42.2 Å². The van der Waals surface area contributed by atoms with E-state index in [-0.39, 0.29) is 0 Å². The Kier molecular flexibility index (Phi) is 3.98. The Morgan fingerprint density at radius 3 is 2.57 bits per heavy atom. The van der Waals surface area contributed by atoms with Gasteiger partial charge < -0.3 is 0 Å². The molecule has 1 aromatic heterocycles. The summed E-state index contributed by atoms with van der Waals surface area (Å²) in [6, 6.07) is 17.3. The summed E-state index contributed by atoms with van der Waals surface area (Å²) in [6.07, 6.45) is 5.41. The lowest BCUT2D eigenvalue weighted by Gasteiger charge is -1.99.